The zero-order valence-electron chi connectivity index (χ0n) is 39.0. The van der Waals surface area contributed by atoms with Crippen LogP contribution < -0.4 is 4.90 Å². The summed E-state index contributed by atoms with van der Waals surface area (Å²) < 4.78 is 5.22. The molecule has 2 aliphatic rings. The van der Waals surface area contributed by atoms with Gasteiger partial charge in [-0.25, -0.2) is 0 Å². The Morgan fingerprint density at radius 1 is 0.357 bits per heavy atom. The average Bonchev–Trinajstić information content (AvgIpc) is 4.12. The lowest BCUT2D eigenvalue weighted by Crippen LogP contribution is -2.25. The van der Waals surface area contributed by atoms with Gasteiger partial charge >= 0.3 is 0 Å². The normalized spacial score (nSPS) is 13.5. The minimum atomic E-state index is -0.460. The second-order valence-electron chi connectivity index (χ2n) is 20.4. The molecule has 0 fully saturated rings. The van der Waals surface area contributed by atoms with Crippen LogP contribution in [0.1, 0.15) is 48.6 Å². The summed E-state index contributed by atoms with van der Waals surface area (Å²) in [5.41, 5.74) is 17.5. The van der Waals surface area contributed by atoms with E-state index in [1.807, 2.05) is 22.7 Å². The number of rotatable bonds is 4. The monoisotopic (exact) mass is 927 g/mol. The van der Waals surface area contributed by atoms with Gasteiger partial charge in [0.25, 0.3) is 0 Å². The molecule has 1 spiro atoms. The third-order valence-corrected chi connectivity index (χ3v) is 18.0. The van der Waals surface area contributed by atoms with Crippen LogP contribution in [0.15, 0.2) is 218 Å². The van der Waals surface area contributed by atoms with E-state index in [-0.39, 0.29) is 5.41 Å². The molecule has 15 rings (SSSR count). The van der Waals surface area contributed by atoms with Gasteiger partial charge in [0.1, 0.15) is 0 Å². The SMILES string of the molecule is CC(C)(C)c1ccc2sc3cc(N(c4ccc5c(c4)-c4cc6ccccc6cc4C54c5ccccc5-c5ccccc54)c4ccc5ccccc5c4-c4cccc5c4sc4ccccc45)ccc3c2c1. The van der Waals surface area contributed by atoms with Crippen LogP contribution in [0.3, 0.4) is 0 Å². The molecule has 0 saturated heterocycles. The summed E-state index contributed by atoms with van der Waals surface area (Å²) in [5.74, 6) is 0. The van der Waals surface area contributed by atoms with E-state index in [2.05, 4.69) is 244 Å². The highest BCUT2D eigenvalue weighted by Gasteiger charge is 2.52. The average molecular weight is 928 g/mol. The van der Waals surface area contributed by atoms with E-state index >= 15 is 0 Å². The van der Waals surface area contributed by atoms with Crippen molar-refractivity contribution in [1.82, 2.24) is 0 Å². The number of benzene rings is 11. The number of hydrogen-bond acceptors (Lipinski definition) is 3. The lowest BCUT2D eigenvalue weighted by Gasteiger charge is -2.32. The van der Waals surface area contributed by atoms with Gasteiger partial charge in [0.05, 0.1) is 11.1 Å². The maximum absolute atomic E-state index is 2.57. The standard InChI is InChI=1S/C67H45NS2/c1-66(2,3)43-28-34-62-55(37-43)50-31-29-45(39-63(50)69-62)68(60-33-27-40-15-6-7-18-46(40)64(60)52-23-14-22-51-49-21-10-13-26-61(49)70-65(51)52)44-30-32-58-54(38-44)53-35-41-16-4-5-17-42(41)36-59(53)67(58)56-24-11-8-19-47(56)48-20-9-12-25-57(48)67/h4-39H,1-3H3. The van der Waals surface area contributed by atoms with Crippen LogP contribution in [0.4, 0.5) is 17.1 Å². The largest absolute Gasteiger partial charge is 0.310 e. The van der Waals surface area contributed by atoms with E-state index in [0.29, 0.717) is 0 Å². The summed E-state index contributed by atoms with van der Waals surface area (Å²) in [6.45, 7) is 6.92. The quantitative estimate of drug-likeness (QED) is 0.170. The van der Waals surface area contributed by atoms with Crippen LogP contribution in [0.2, 0.25) is 0 Å². The molecule has 0 unspecified atom stereocenters. The second-order valence-corrected chi connectivity index (χ2v) is 22.5. The van der Waals surface area contributed by atoms with Crippen LogP contribution in [0, 0.1) is 0 Å². The van der Waals surface area contributed by atoms with Gasteiger partial charge in [-0.3, -0.25) is 0 Å². The molecule has 330 valence electrons. The molecule has 3 heteroatoms. The van der Waals surface area contributed by atoms with Crippen LogP contribution in [-0.2, 0) is 10.8 Å². The molecule has 2 aromatic heterocycles. The summed E-state index contributed by atoms with van der Waals surface area (Å²) in [6.07, 6.45) is 0. The van der Waals surface area contributed by atoms with Crippen LogP contribution in [0.25, 0.3) is 95.3 Å². The highest BCUT2D eigenvalue weighted by molar-refractivity contribution is 7.26. The van der Waals surface area contributed by atoms with E-state index in [1.54, 1.807) is 0 Å². The van der Waals surface area contributed by atoms with E-state index in [1.165, 1.54) is 123 Å². The van der Waals surface area contributed by atoms with Crippen LogP contribution >= 0.6 is 22.7 Å². The fourth-order valence-electron chi connectivity index (χ4n) is 12.4. The van der Waals surface area contributed by atoms with Gasteiger partial charge in [0.15, 0.2) is 0 Å². The van der Waals surface area contributed by atoms with E-state index in [0.717, 1.165) is 17.1 Å². The topological polar surface area (TPSA) is 3.24 Å². The molecule has 11 aromatic carbocycles. The Morgan fingerprint density at radius 2 is 0.957 bits per heavy atom. The van der Waals surface area contributed by atoms with Gasteiger partial charge in [-0.15, -0.1) is 22.7 Å². The predicted molar refractivity (Wildman–Crippen MR) is 302 cm³/mol. The Bertz CT molecular complexity index is 4320. The lowest BCUT2D eigenvalue weighted by molar-refractivity contribution is 0.591. The number of thiophene rings is 2. The van der Waals surface area contributed by atoms with Crippen molar-refractivity contribution in [3.8, 4) is 33.4 Å². The molecular formula is C67H45NS2. The first-order valence-corrected chi connectivity index (χ1v) is 26.0. The molecule has 0 amide bonds. The summed E-state index contributed by atoms with van der Waals surface area (Å²) in [4.78, 5) is 2.57. The van der Waals surface area contributed by atoms with Gasteiger partial charge in [-0.05, 0) is 138 Å². The molecule has 0 aliphatic heterocycles. The zero-order valence-corrected chi connectivity index (χ0v) is 40.7. The fraction of sp³-hybridized carbons (Fsp3) is 0.0746. The Balaban J connectivity index is 1.04. The van der Waals surface area contributed by atoms with E-state index in [9.17, 15) is 0 Å². The summed E-state index contributed by atoms with van der Waals surface area (Å²) in [6, 6.07) is 83.3. The second kappa shape index (κ2) is 14.6. The van der Waals surface area contributed by atoms with Crippen LogP contribution in [-0.4, -0.2) is 0 Å². The molecule has 0 radical (unpaired) electrons. The van der Waals surface area contributed by atoms with Gasteiger partial charge in [0.2, 0.25) is 0 Å². The Kier molecular flexibility index (Phi) is 8.37. The summed E-state index contributed by atoms with van der Waals surface area (Å²) >= 11 is 3.80. The van der Waals surface area contributed by atoms with Gasteiger partial charge in [0, 0.05) is 62.8 Å². The van der Waals surface area contributed by atoms with Crippen molar-refractivity contribution in [3.63, 3.8) is 0 Å². The third-order valence-electron chi connectivity index (χ3n) is 15.6. The Labute approximate surface area is 415 Å². The molecule has 1 nitrogen and oxygen atoms in total. The molecule has 0 bridgehead atoms. The third kappa shape index (κ3) is 5.53. The summed E-state index contributed by atoms with van der Waals surface area (Å²) in [5, 5.41) is 10.2. The first kappa shape index (κ1) is 40.1. The molecule has 13 aromatic rings. The summed E-state index contributed by atoms with van der Waals surface area (Å²) in [7, 11) is 0. The highest BCUT2D eigenvalue weighted by Crippen LogP contribution is 2.64. The molecule has 0 atom stereocenters. The number of fused-ring (bicyclic) bond motifs is 18. The minimum absolute atomic E-state index is 0.0582. The first-order valence-electron chi connectivity index (χ1n) is 24.4. The van der Waals surface area contributed by atoms with Crippen molar-refractivity contribution < 1.29 is 0 Å². The van der Waals surface area contributed by atoms with Crippen molar-refractivity contribution in [1.29, 1.82) is 0 Å². The minimum Gasteiger partial charge on any atom is -0.310 e. The molecular weight excluding hydrogens is 883 g/mol. The predicted octanol–water partition coefficient (Wildman–Crippen LogP) is 19.5. The van der Waals surface area contributed by atoms with E-state index < -0.39 is 5.41 Å². The number of hydrogen-bond donors (Lipinski definition) is 0. The number of anilines is 3. The van der Waals surface area contributed by atoms with Crippen molar-refractivity contribution in [2.75, 3.05) is 4.90 Å². The highest BCUT2D eigenvalue weighted by atomic mass is 32.1. The molecule has 0 saturated carbocycles. The smallest absolute Gasteiger partial charge is 0.0725 e. The van der Waals surface area contributed by atoms with Crippen molar-refractivity contribution >= 4 is 102 Å². The van der Waals surface area contributed by atoms with Gasteiger partial charge in [-0.1, -0.05) is 178 Å². The molecule has 0 N–H and O–H groups in total. The van der Waals surface area contributed by atoms with E-state index in [4.69, 9.17) is 0 Å². The van der Waals surface area contributed by atoms with Crippen molar-refractivity contribution in [2.45, 2.75) is 31.6 Å². The van der Waals surface area contributed by atoms with Gasteiger partial charge < -0.3 is 4.90 Å². The lowest BCUT2D eigenvalue weighted by atomic mass is 9.70. The van der Waals surface area contributed by atoms with Crippen molar-refractivity contribution in [2.24, 2.45) is 0 Å². The molecule has 2 aliphatic carbocycles. The Morgan fingerprint density at radius 3 is 1.76 bits per heavy atom. The van der Waals surface area contributed by atoms with Crippen molar-refractivity contribution in [3.05, 3.63) is 246 Å². The van der Waals surface area contributed by atoms with Crippen LogP contribution in [0.5, 0.6) is 0 Å². The molecule has 2 heterocycles. The number of nitrogens with zero attached hydrogens (tertiary/aromatic N) is 1. The maximum Gasteiger partial charge on any atom is 0.0725 e. The molecule has 70 heavy (non-hydrogen) atoms. The van der Waals surface area contributed by atoms with Gasteiger partial charge in [-0.2, -0.15) is 0 Å². The Hall–Kier alpha value is -7.82. The first-order chi connectivity index (χ1) is 34.3. The fourth-order valence-corrected chi connectivity index (χ4v) is 14.8. The zero-order chi connectivity index (χ0) is 46.5. The maximum atomic E-state index is 2.57.